The number of hydrogen-bond donors (Lipinski definition) is 3. The Kier molecular flexibility index (Phi) is 8.11. The molecular weight excluding hydrogens is 254 g/mol. The highest BCUT2D eigenvalue weighted by molar-refractivity contribution is 5.76. The van der Waals surface area contributed by atoms with Gasteiger partial charge in [-0.1, -0.05) is 38.5 Å². The quantitative estimate of drug-likeness (QED) is 0.646. The van der Waals surface area contributed by atoms with Crippen LogP contribution in [0.15, 0.2) is 0 Å². The molecule has 0 radical (unpaired) electrons. The molecule has 1 fully saturated rings. The molecule has 1 atom stereocenters. The van der Waals surface area contributed by atoms with Gasteiger partial charge in [-0.3, -0.25) is 4.79 Å². The van der Waals surface area contributed by atoms with Gasteiger partial charge in [-0.25, -0.2) is 10.9 Å². The van der Waals surface area contributed by atoms with Crippen LogP contribution in [0.5, 0.6) is 0 Å². The SMILES string of the molecule is CC(C)(C)OC(=O)C1CCCCCCCCCNNN1. The number of hydrogen-bond acceptors (Lipinski definition) is 5. The molecule has 0 aliphatic carbocycles. The first-order chi connectivity index (χ1) is 9.49. The number of carbonyl (C=O) groups excluding carboxylic acids is 1. The van der Waals surface area contributed by atoms with Crippen molar-refractivity contribution in [2.45, 2.75) is 83.8 Å². The van der Waals surface area contributed by atoms with E-state index in [4.69, 9.17) is 4.74 Å². The van der Waals surface area contributed by atoms with Crippen molar-refractivity contribution in [3.05, 3.63) is 0 Å². The molecule has 1 unspecified atom stereocenters. The Morgan fingerprint density at radius 2 is 1.60 bits per heavy atom. The summed E-state index contributed by atoms with van der Waals surface area (Å²) in [7, 11) is 0. The maximum absolute atomic E-state index is 12.1. The highest BCUT2D eigenvalue weighted by atomic mass is 16.6. The first kappa shape index (κ1) is 17.4. The topological polar surface area (TPSA) is 62.4 Å². The number of carbonyl (C=O) groups is 1. The largest absolute Gasteiger partial charge is 0.459 e. The molecule has 0 spiro atoms. The van der Waals surface area contributed by atoms with Gasteiger partial charge in [-0.15, -0.1) is 0 Å². The fraction of sp³-hybridized carbons (Fsp3) is 0.933. The molecule has 0 aromatic rings. The van der Waals surface area contributed by atoms with E-state index in [0.29, 0.717) is 0 Å². The van der Waals surface area contributed by atoms with Gasteiger partial charge in [0.1, 0.15) is 11.6 Å². The zero-order valence-corrected chi connectivity index (χ0v) is 13.3. The third-order valence-electron chi connectivity index (χ3n) is 3.32. The summed E-state index contributed by atoms with van der Waals surface area (Å²) < 4.78 is 5.46. The van der Waals surface area contributed by atoms with E-state index in [1.54, 1.807) is 0 Å². The average molecular weight is 285 g/mol. The summed E-state index contributed by atoms with van der Waals surface area (Å²) in [5, 5.41) is 0. The smallest absolute Gasteiger partial charge is 0.325 e. The van der Waals surface area contributed by atoms with Crippen molar-refractivity contribution in [1.29, 1.82) is 0 Å². The predicted octanol–water partition coefficient (Wildman–Crippen LogP) is 2.43. The van der Waals surface area contributed by atoms with Gasteiger partial charge in [0, 0.05) is 6.54 Å². The summed E-state index contributed by atoms with van der Waals surface area (Å²) in [6.45, 7) is 6.61. The molecule has 1 aliphatic heterocycles. The minimum absolute atomic E-state index is 0.179. The van der Waals surface area contributed by atoms with Crippen LogP contribution in [0.2, 0.25) is 0 Å². The number of nitrogens with one attached hydrogen (secondary N) is 3. The lowest BCUT2D eigenvalue weighted by atomic mass is 10.1. The van der Waals surface area contributed by atoms with Crippen LogP contribution >= 0.6 is 0 Å². The molecule has 1 heterocycles. The normalized spacial score (nSPS) is 24.1. The number of esters is 1. The monoisotopic (exact) mass is 285 g/mol. The van der Waals surface area contributed by atoms with E-state index < -0.39 is 5.60 Å². The number of rotatable bonds is 1. The van der Waals surface area contributed by atoms with E-state index in [0.717, 1.165) is 25.8 Å². The lowest BCUT2D eigenvalue weighted by molar-refractivity contribution is -0.158. The lowest BCUT2D eigenvalue weighted by Gasteiger charge is -2.25. The summed E-state index contributed by atoms with van der Waals surface area (Å²) in [5.74, 6) is -0.179. The molecule has 20 heavy (non-hydrogen) atoms. The molecule has 5 heteroatoms. The first-order valence-electron chi connectivity index (χ1n) is 7.95. The summed E-state index contributed by atoms with van der Waals surface area (Å²) >= 11 is 0. The first-order valence-corrected chi connectivity index (χ1v) is 7.95. The van der Waals surface area contributed by atoms with Crippen LogP contribution in [0.1, 0.15) is 72.1 Å². The molecule has 1 aliphatic rings. The summed E-state index contributed by atoms with van der Waals surface area (Å²) in [6.07, 6.45) is 9.36. The molecule has 5 nitrogen and oxygen atoms in total. The number of ether oxygens (including phenoxy) is 1. The number of hydrazine groups is 2. The van der Waals surface area contributed by atoms with Crippen molar-refractivity contribution in [2.24, 2.45) is 0 Å². The van der Waals surface area contributed by atoms with Gasteiger partial charge in [0.15, 0.2) is 0 Å². The molecule has 0 amide bonds. The Bertz CT molecular complexity index is 263. The maximum Gasteiger partial charge on any atom is 0.325 e. The summed E-state index contributed by atoms with van der Waals surface area (Å²) in [6, 6.07) is -0.289. The van der Waals surface area contributed by atoms with Crippen molar-refractivity contribution in [3.63, 3.8) is 0 Å². The van der Waals surface area contributed by atoms with Crippen LogP contribution in [-0.2, 0) is 9.53 Å². The van der Waals surface area contributed by atoms with Gasteiger partial charge in [-0.2, -0.15) is 5.53 Å². The van der Waals surface area contributed by atoms with Crippen molar-refractivity contribution < 1.29 is 9.53 Å². The van der Waals surface area contributed by atoms with E-state index in [9.17, 15) is 4.79 Å². The third-order valence-corrected chi connectivity index (χ3v) is 3.32. The van der Waals surface area contributed by atoms with Gasteiger partial charge in [0.25, 0.3) is 0 Å². The Balaban J connectivity index is 2.44. The molecule has 0 saturated carbocycles. The van der Waals surface area contributed by atoms with Crippen LogP contribution in [0, 0.1) is 0 Å². The van der Waals surface area contributed by atoms with Crippen molar-refractivity contribution in [3.8, 4) is 0 Å². The van der Waals surface area contributed by atoms with Gasteiger partial charge >= 0.3 is 5.97 Å². The molecule has 0 aromatic heterocycles. The molecule has 1 rings (SSSR count). The second-order valence-electron chi connectivity index (χ2n) is 6.55. The van der Waals surface area contributed by atoms with E-state index in [2.05, 4.69) is 16.4 Å². The van der Waals surface area contributed by atoms with Gasteiger partial charge in [0.2, 0.25) is 0 Å². The van der Waals surface area contributed by atoms with Crippen LogP contribution in [0.25, 0.3) is 0 Å². The van der Waals surface area contributed by atoms with Crippen molar-refractivity contribution >= 4 is 5.97 Å². The zero-order chi connectivity index (χ0) is 14.8. The summed E-state index contributed by atoms with van der Waals surface area (Å²) in [5.41, 5.74) is 8.65. The third kappa shape index (κ3) is 8.51. The van der Waals surface area contributed by atoms with Crippen molar-refractivity contribution in [1.82, 2.24) is 16.4 Å². The molecule has 3 N–H and O–H groups in total. The average Bonchev–Trinajstić information content (AvgIpc) is 2.37. The molecule has 0 aromatic carbocycles. The minimum Gasteiger partial charge on any atom is -0.459 e. The lowest BCUT2D eigenvalue weighted by Crippen LogP contribution is -2.53. The Labute approximate surface area is 123 Å². The Morgan fingerprint density at radius 3 is 2.25 bits per heavy atom. The van der Waals surface area contributed by atoms with E-state index in [1.807, 2.05) is 20.8 Å². The Morgan fingerprint density at radius 1 is 1.00 bits per heavy atom. The van der Waals surface area contributed by atoms with Gasteiger partial charge in [-0.05, 0) is 33.6 Å². The van der Waals surface area contributed by atoms with Crippen LogP contribution in [-0.4, -0.2) is 24.2 Å². The fourth-order valence-corrected chi connectivity index (χ4v) is 2.27. The predicted molar refractivity (Wildman–Crippen MR) is 80.8 cm³/mol. The molecular formula is C15H31N3O2. The highest BCUT2D eigenvalue weighted by Crippen LogP contribution is 2.13. The second-order valence-corrected chi connectivity index (χ2v) is 6.55. The van der Waals surface area contributed by atoms with Crippen LogP contribution < -0.4 is 16.4 Å². The fourth-order valence-electron chi connectivity index (χ4n) is 2.27. The van der Waals surface area contributed by atoms with E-state index >= 15 is 0 Å². The highest BCUT2D eigenvalue weighted by Gasteiger charge is 2.24. The van der Waals surface area contributed by atoms with Gasteiger partial charge in [0.05, 0.1) is 0 Å². The minimum atomic E-state index is -0.437. The standard InChI is InChI=1S/C15H31N3O2/c1-15(2,3)20-14(19)13-11-9-7-5-4-6-8-10-12-16-18-17-13/h13,16-18H,4-12H2,1-3H3. The molecule has 1 saturated heterocycles. The Hall–Kier alpha value is -0.650. The second kappa shape index (κ2) is 9.32. The zero-order valence-electron chi connectivity index (χ0n) is 13.3. The van der Waals surface area contributed by atoms with Crippen LogP contribution in [0.3, 0.4) is 0 Å². The van der Waals surface area contributed by atoms with Crippen molar-refractivity contribution in [2.75, 3.05) is 6.54 Å². The van der Waals surface area contributed by atoms with Gasteiger partial charge < -0.3 is 4.74 Å². The molecule has 118 valence electrons. The summed E-state index contributed by atoms with van der Waals surface area (Å²) in [4.78, 5) is 12.1. The van der Waals surface area contributed by atoms with E-state index in [1.165, 1.54) is 32.1 Å². The van der Waals surface area contributed by atoms with E-state index in [-0.39, 0.29) is 12.0 Å². The molecule has 0 bridgehead atoms. The maximum atomic E-state index is 12.1. The van der Waals surface area contributed by atoms with Crippen LogP contribution in [0.4, 0.5) is 0 Å².